The highest BCUT2D eigenvalue weighted by Gasteiger charge is 2.20. The lowest BCUT2D eigenvalue weighted by Gasteiger charge is -2.26. The summed E-state index contributed by atoms with van der Waals surface area (Å²) in [5, 5.41) is 0. The Morgan fingerprint density at radius 2 is 1.55 bits per heavy atom. The van der Waals surface area contributed by atoms with E-state index in [2.05, 4.69) is 6.58 Å². The van der Waals surface area contributed by atoms with E-state index in [0.717, 1.165) is 11.1 Å². The molecule has 2 nitrogen and oxygen atoms in total. The molecule has 0 N–H and O–H groups in total. The molecule has 0 fully saturated rings. The fourth-order valence-electron chi connectivity index (χ4n) is 1.98. The molecule has 0 heterocycles. The first kappa shape index (κ1) is 15.0. The Morgan fingerprint density at radius 1 is 1.00 bits per heavy atom. The standard InChI is InChI=1S/C20H24O2/c1-3-20(2,22-17-19-12-8-5-9-13-19)14-15-21-16-18-10-6-4-7-11-18/h3-13H,1,14-17H2,2H3/t20-/m0/s1/i15D/t15?,20-. The van der Waals surface area contributed by atoms with Gasteiger partial charge in [0, 0.05) is 6.42 Å². The molecule has 0 saturated carbocycles. The van der Waals surface area contributed by atoms with E-state index in [4.69, 9.17) is 10.8 Å². The molecule has 0 aliphatic heterocycles. The van der Waals surface area contributed by atoms with Gasteiger partial charge in [-0.2, -0.15) is 0 Å². The van der Waals surface area contributed by atoms with Gasteiger partial charge in [0.25, 0.3) is 0 Å². The molecule has 0 saturated heterocycles. The van der Waals surface area contributed by atoms with Gasteiger partial charge in [0.2, 0.25) is 0 Å². The average Bonchev–Trinajstić information content (AvgIpc) is 2.60. The second-order valence-electron chi connectivity index (χ2n) is 5.46. The van der Waals surface area contributed by atoms with Crippen molar-refractivity contribution < 1.29 is 10.8 Å². The van der Waals surface area contributed by atoms with Gasteiger partial charge in [-0.3, -0.25) is 0 Å². The third-order valence-corrected chi connectivity index (χ3v) is 3.54. The molecule has 0 amide bonds. The van der Waals surface area contributed by atoms with Gasteiger partial charge < -0.3 is 9.47 Å². The summed E-state index contributed by atoms with van der Waals surface area (Å²) in [5.74, 6) is 0. The minimum absolute atomic E-state index is 0.431. The first-order valence-corrected chi connectivity index (χ1v) is 7.50. The zero-order chi connectivity index (χ0) is 16.5. The van der Waals surface area contributed by atoms with Gasteiger partial charge in [0.05, 0.1) is 26.8 Å². The van der Waals surface area contributed by atoms with Crippen molar-refractivity contribution in [2.75, 3.05) is 6.58 Å². The molecule has 2 rings (SSSR count). The molecule has 0 bridgehead atoms. The molecule has 0 aromatic heterocycles. The molecule has 1 unspecified atom stereocenters. The van der Waals surface area contributed by atoms with Gasteiger partial charge in [0.15, 0.2) is 0 Å². The molecule has 0 radical (unpaired) electrons. The maximum Gasteiger partial charge on any atom is 0.0858 e. The van der Waals surface area contributed by atoms with Crippen molar-refractivity contribution in [2.45, 2.75) is 32.2 Å². The fourth-order valence-corrected chi connectivity index (χ4v) is 1.98. The summed E-state index contributed by atoms with van der Waals surface area (Å²) in [6, 6.07) is 19.9. The van der Waals surface area contributed by atoms with Gasteiger partial charge in [-0.1, -0.05) is 66.7 Å². The molecule has 2 aromatic rings. The second kappa shape index (κ2) is 8.52. The summed E-state index contributed by atoms with van der Waals surface area (Å²) >= 11 is 0. The monoisotopic (exact) mass is 297 g/mol. The SMILES string of the molecule is [2H]C(C[C@](C)(C=C)OCc1ccccc1)OCc1ccccc1. The van der Waals surface area contributed by atoms with Crippen LogP contribution in [-0.4, -0.2) is 12.2 Å². The summed E-state index contributed by atoms with van der Waals surface area (Å²) in [6.45, 7) is 6.06. The van der Waals surface area contributed by atoms with Crippen LogP contribution < -0.4 is 0 Å². The van der Waals surface area contributed by atoms with Gasteiger partial charge in [-0.25, -0.2) is 0 Å². The van der Waals surface area contributed by atoms with Gasteiger partial charge in [-0.05, 0) is 18.1 Å². The number of ether oxygens (including phenoxy) is 2. The van der Waals surface area contributed by atoms with Crippen molar-refractivity contribution in [3.63, 3.8) is 0 Å². The van der Waals surface area contributed by atoms with Crippen LogP contribution in [0.3, 0.4) is 0 Å². The Labute approximate surface area is 134 Å². The average molecular weight is 297 g/mol. The summed E-state index contributed by atoms with van der Waals surface area (Å²) in [6.07, 6.45) is 2.19. The van der Waals surface area contributed by atoms with Crippen LogP contribution in [0.15, 0.2) is 73.3 Å². The van der Waals surface area contributed by atoms with Crippen LogP contribution in [-0.2, 0) is 22.7 Å². The Balaban J connectivity index is 1.83. The van der Waals surface area contributed by atoms with E-state index in [1.807, 2.05) is 67.6 Å². The predicted octanol–water partition coefficient (Wildman–Crippen LogP) is 4.75. The van der Waals surface area contributed by atoms with E-state index in [9.17, 15) is 0 Å². The largest absolute Gasteiger partial charge is 0.377 e. The number of benzene rings is 2. The maximum absolute atomic E-state index is 8.11. The molecule has 22 heavy (non-hydrogen) atoms. The lowest BCUT2D eigenvalue weighted by molar-refractivity contribution is -0.0321. The highest BCUT2D eigenvalue weighted by Crippen LogP contribution is 2.19. The van der Waals surface area contributed by atoms with E-state index in [1.54, 1.807) is 6.08 Å². The Morgan fingerprint density at radius 3 is 2.09 bits per heavy atom. The van der Waals surface area contributed by atoms with Crippen LogP contribution in [0.1, 0.15) is 25.8 Å². The Kier molecular flexibility index (Phi) is 5.81. The van der Waals surface area contributed by atoms with E-state index >= 15 is 0 Å². The molecule has 0 aliphatic carbocycles. The van der Waals surface area contributed by atoms with Crippen LogP contribution >= 0.6 is 0 Å². The van der Waals surface area contributed by atoms with E-state index in [-0.39, 0.29) is 0 Å². The minimum Gasteiger partial charge on any atom is -0.377 e. The smallest absolute Gasteiger partial charge is 0.0858 e. The summed E-state index contributed by atoms with van der Waals surface area (Å²) in [4.78, 5) is 0. The van der Waals surface area contributed by atoms with Crippen molar-refractivity contribution >= 4 is 0 Å². The molecule has 2 aromatic carbocycles. The van der Waals surface area contributed by atoms with Crippen LogP contribution in [0.2, 0.25) is 0 Å². The summed E-state index contributed by atoms with van der Waals surface area (Å²) in [7, 11) is 0. The Bertz CT molecular complexity index is 585. The molecule has 0 aliphatic rings. The van der Waals surface area contributed by atoms with Gasteiger partial charge in [-0.15, -0.1) is 6.58 Å². The first-order chi connectivity index (χ1) is 11.1. The van der Waals surface area contributed by atoms with Crippen molar-refractivity contribution in [3.8, 4) is 0 Å². The van der Waals surface area contributed by atoms with Crippen LogP contribution in [0.5, 0.6) is 0 Å². The first-order valence-electron chi connectivity index (χ1n) is 8.08. The van der Waals surface area contributed by atoms with Crippen molar-refractivity contribution in [3.05, 3.63) is 84.4 Å². The fraction of sp³-hybridized carbons (Fsp3) is 0.300. The van der Waals surface area contributed by atoms with Crippen molar-refractivity contribution in [1.82, 2.24) is 0 Å². The number of hydrogen-bond acceptors (Lipinski definition) is 2. The van der Waals surface area contributed by atoms with Crippen LogP contribution in [0.4, 0.5) is 0 Å². The second-order valence-corrected chi connectivity index (χ2v) is 5.46. The lowest BCUT2D eigenvalue weighted by Crippen LogP contribution is -2.27. The molecular weight excluding hydrogens is 272 g/mol. The maximum atomic E-state index is 8.11. The van der Waals surface area contributed by atoms with Crippen molar-refractivity contribution in [1.29, 1.82) is 0 Å². The molecular formula is C20H24O2. The van der Waals surface area contributed by atoms with Crippen LogP contribution in [0.25, 0.3) is 0 Å². The van der Waals surface area contributed by atoms with E-state index < -0.39 is 12.2 Å². The Hall–Kier alpha value is -1.90. The normalized spacial score (nSPS) is 15.6. The van der Waals surface area contributed by atoms with E-state index in [0.29, 0.717) is 19.6 Å². The van der Waals surface area contributed by atoms with E-state index in [1.165, 1.54) is 0 Å². The third-order valence-electron chi connectivity index (χ3n) is 3.54. The molecule has 0 spiro atoms. The highest BCUT2D eigenvalue weighted by atomic mass is 16.5. The number of hydrogen-bond donors (Lipinski definition) is 0. The highest BCUT2D eigenvalue weighted by molar-refractivity contribution is 5.14. The zero-order valence-corrected chi connectivity index (χ0v) is 13.1. The third kappa shape index (κ3) is 5.47. The molecule has 2 atom stereocenters. The summed E-state index contributed by atoms with van der Waals surface area (Å²) < 4.78 is 19.7. The lowest BCUT2D eigenvalue weighted by atomic mass is 10.0. The minimum atomic E-state index is -0.658. The van der Waals surface area contributed by atoms with Gasteiger partial charge in [0.1, 0.15) is 0 Å². The molecule has 2 heteroatoms. The van der Waals surface area contributed by atoms with Gasteiger partial charge >= 0.3 is 0 Å². The number of rotatable bonds is 9. The predicted molar refractivity (Wildman–Crippen MR) is 90.5 cm³/mol. The quantitative estimate of drug-likeness (QED) is 0.622. The van der Waals surface area contributed by atoms with Crippen LogP contribution in [0, 0.1) is 0 Å². The summed E-state index contributed by atoms with van der Waals surface area (Å²) in [5.41, 5.74) is 1.58. The van der Waals surface area contributed by atoms with Crippen molar-refractivity contribution in [2.24, 2.45) is 0 Å². The topological polar surface area (TPSA) is 18.5 Å². The molecule has 116 valence electrons. The zero-order valence-electron chi connectivity index (χ0n) is 14.1.